The van der Waals surface area contributed by atoms with Gasteiger partial charge in [0, 0.05) is 16.7 Å². The second-order valence-electron chi connectivity index (χ2n) is 7.75. The summed E-state index contributed by atoms with van der Waals surface area (Å²) in [5.74, 6) is 1.28. The van der Waals surface area contributed by atoms with E-state index in [-0.39, 0.29) is 17.2 Å². The number of aryl methyl sites for hydroxylation is 2. The van der Waals surface area contributed by atoms with Crippen molar-refractivity contribution in [2.24, 2.45) is 0 Å². The van der Waals surface area contributed by atoms with Crippen molar-refractivity contribution in [2.75, 3.05) is 11.1 Å². The smallest absolute Gasteiger partial charge is 0.259 e. The third-order valence-electron chi connectivity index (χ3n) is 5.37. The number of H-pyrrole nitrogens is 1. The molecule has 0 fully saturated rings. The van der Waals surface area contributed by atoms with Gasteiger partial charge < -0.3 is 10.3 Å². The van der Waals surface area contributed by atoms with Crippen LogP contribution in [0.15, 0.2) is 40.5 Å². The fraction of sp³-hybridized carbons (Fsp3) is 0.304. The van der Waals surface area contributed by atoms with Gasteiger partial charge in [-0.05, 0) is 36.8 Å². The number of hydrogen-bond donors (Lipinski definition) is 2. The number of thiophene rings is 1. The van der Waals surface area contributed by atoms with Crippen LogP contribution in [0, 0.1) is 0 Å². The fourth-order valence-electron chi connectivity index (χ4n) is 3.92. The number of anilines is 1. The highest BCUT2D eigenvalue weighted by atomic mass is 32.2. The maximum Gasteiger partial charge on any atom is 0.259 e. The van der Waals surface area contributed by atoms with Crippen LogP contribution in [0.25, 0.3) is 10.2 Å². The summed E-state index contributed by atoms with van der Waals surface area (Å²) in [5.41, 5.74) is 3.27. The highest BCUT2D eigenvalue weighted by molar-refractivity contribution is 7.99. The first kappa shape index (κ1) is 21.4. The molecule has 3 aromatic heterocycles. The molecule has 164 valence electrons. The number of aromatic amines is 1. The summed E-state index contributed by atoms with van der Waals surface area (Å²) in [5, 5.41) is 6.22. The molecule has 6 nitrogen and oxygen atoms in total. The van der Waals surface area contributed by atoms with Gasteiger partial charge in [-0.3, -0.25) is 9.59 Å². The number of fused-ring (bicyclic) bond motifs is 3. The summed E-state index contributed by atoms with van der Waals surface area (Å²) < 4.78 is 0. The maximum atomic E-state index is 12.6. The Morgan fingerprint density at radius 2 is 2.00 bits per heavy atom. The molecule has 0 saturated heterocycles. The Hall–Kier alpha value is -2.49. The first-order valence-electron chi connectivity index (χ1n) is 10.5. The third-order valence-corrected chi connectivity index (χ3v) is 8.31. The summed E-state index contributed by atoms with van der Waals surface area (Å²) in [4.78, 5) is 39.2. The largest absolute Gasteiger partial charge is 0.309 e. The zero-order chi connectivity index (χ0) is 21.9. The highest BCUT2D eigenvalue weighted by Crippen LogP contribution is 2.33. The molecule has 0 saturated carbocycles. The Bertz CT molecular complexity index is 1310. The minimum atomic E-state index is -0.106. The van der Waals surface area contributed by atoms with E-state index in [0.717, 1.165) is 41.6 Å². The summed E-state index contributed by atoms with van der Waals surface area (Å²) >= 11 is 4.51. The standard InChI is InChI=1S/C23H22N4O2S3/c28-19(27-23-24-15(11-31-23)10-14-6-2-1-3-7-14)13-30-12-18-25-21(29)20-16-8-4-5-9-17(16)32-22(20)26-18/h1-3,6-7,11H,4-5,8-10,12-13H2,(H,24,27,28)(H,25,26,29). The van der Waals surface area contributed by atoms with Gasteiger partial charge in [0.15, 0.2) is 5.13 Å². The highest BCUT2D eigenvalue weighted by Gasteiger charge is 2.19. The molecule has 1 aliphatic carbocycles. The molecule has 1 aromatic carbocycles. The number of benzene rings is 1. The molecule has 5 rings (SSSR count). The van der Waals surface area contributed by atoms with Crippen molar-refractivity contribution < 1.29 is 4.79 Å². The van der Waals surface area contributed by atoms with Crippen molar-refractivity contribution in [3.63, 3.8) is 0 Å². The van der Waals surface area contributed by atoms with Gasteiger partial charge in [0.2, 0.25) is 5.91 Å². The van der Waals surface area contributed by atoms with Crippen molar-refractivity contribution in [3.8, 4) is 0 Å². The average Bonchev–Trinajstić information content (AvgIpc) is 3.38. The van der Waals surface area contributed by atoms with Gasteiger partial charge in [-0.2, -0.15) is 0 Å². The van der Waals surface area contributed by atoms with Gasteiger partial charge in [-0.15, -0.1) is 34.4 Å². The lowest BCUT2D eigenvalue weighted by Gasteiger charge is -2.09. The molecule has 0 aliphatic heterocycles. The summed E-state index contributed by atoms with van der Waals surface area (Å²) in [7, 11) is 0. The van der Waals surface area contributed by atoms with E-state index in [1.165, 1.54) is 45.5 Å². The Morgan fingerprint density at radius 1 is 1.16 bits per heavy atom. The van der Waals surface area contributed by atoms with Crippen LogP contribution in [0.5, 0.6) is 0 Å². The van der Waals surface area contributed by atoms with Gasteiger partial charge in [-0.1, -0.05) is 30.3 Å². The second kappa shape index (κ2) is 9.56. The first-order chi connectivity index (χ1) is 15.7. The van der Waals surface area contributed by atoms with Gasteiger partial charge >= 0.3 is 0 Å². The van der Waals surface area contributed by atoms with Gasteiger partial charge in [-0.25, -0.2) is 9.97 Å². The number of thioether (sulfide) groups is 1. The molecule has 4 aromatic rings. The van der Waals surface area contributed by atoms with Crippen LogP contribution < -0.4 is 10.9 Å². The van der Waals surface area contributed by atoms with E-state index in [1.807, 2.05) is 23.6 Å². The normalized spacial score (nSPS) is 13.2. The molecule has 2 N–H and O–H groups in total. The molecular weight excluding hydrogens is 460 g/mol. The van der Waals surface area contributed by atoms with Crippen LogP contribution in [0.3, 0.4) is 0 Å². The molecule has 0 unspecified atom stereocenters. The van der Waals surface area contributed by atoms with Crippen molar-refractivity contribution in [1.29, 1.82) is 0 Å². The van der Waals surface area contributed by atoms with Crippen LogP contribution in [0.1, 0.15) is 40.4 Å². The first-order valence-corrected chi connectivity index (χ1v) is 13.4. The number of nitrogens with one attached hydrogen (secondary N) is 2. The molecule has 0 radical (unpaired) electrons. The summed E-state index contributed by atoms with van der Waals surface area (Å²) in [6.07, 6.45) is 5.08. The lowest BCUT2D eigenvalue weighted by Crippen LogP contribution is -2.15. The van der Waals surface area contributed by atoms with Gasteiger partial charge in [0.05, 0.1) is 22.6 Å². The number of aromatic nitrogens is 3. The molecular formula is C23H22N4O2S3. The third kappa shape index (κ3) is 4.79. The molecule has 1 amide bonds. The zero-order valence-corrected chi connectivity index (χ0v) is 19.8. The number of thiazole rings is 1. The Morgan fingerprint density at radius 3 is 2.88 bits per heavy atom. The molecule has 9 heteroatoms. The molecule has 0 atom stereocenters. The van der Waals surface area contributed by atoms with E-state index < -0.39 is 0 Å². The van der Waals surface area contributed by atoms with E-state index in [1.54, 1.807) is 11.3 Å². The van der Waals surface area contributed by atoms with Crippen LogP contribution in [0.4, 0.5) is 5.13 Å². The molecule has 32 heavy (non-hydrogen) atoms. The van der Waals surface area contributed by atoms with Crippen LogP contribution in [-0.4, -0.2) is 26.6 Å². The van der Waals surface area contributed by atoms with Crippen molar-refractivity contribution in [1.82, 2.24) is 15.0 Å². The van der Waals surface area contributed by atoms with Gasteiger partial charge in [0.25, 0.3) is 5.56 Å². The topological polar surface area (TPSA) is 87.7 Å². The molecule has 0 spiro atoms. The van der Waals surface area contributed by atoms with Crippen LogP contribution in [-0.2, 0) is 29.8 Å². The number of amides is 1. The lowest BCUT2D eigenvalue weighted by atomic mass is 9.97. The number of hydrogen-bond acceptors (Lipinski definition) is 7. The van der Waals surface area contributed by atoms with Crippen LogP contribution in [0.2, 0.25) is 0 Å². The van der Waals surface area contributed by atoms with Crippen molar-refractivity contribution in [3.05, 3.63) is 73.6 Å². The predicted octanol–water partition coefficient (Wildman–Crippen LogP) is 4.78. The van der Waals surface area contributed by atoms with E-state index in [2.05, 4.69) is 32.4 Å². The molecule has 1 aliphatic rings. The van der Waals surface area contributed by atoms with E-state index in [0.29, 0.717) is 16.7 Å². The van der Waals surface area contributed by atoms with E-state index in [4.69, 9.17) is 0 Å². The SMILES string of the molecule is O=C(CSCc1nc2sc3c(c2c(=O)[nH]1)CCCC3)Nc1nc(Cc2ccccc2)cs1. The Kier molecular flexibility index (Phi) is 6.38. The Balaban J connectivity index is 1.16. The maximum absolute atomic E-state index is 12.6. The quantitative estimate of drug-likeness (QED) is 0.396. The minimum Gasteiger partial charge on any atom is -0.309 e. The number of carbonyl (C=O) groups excluding carboxylic acids is 1. The monoisotopic (exact) mass is 482 g/mol. The molecule has 0 bridgehead atoms. The summed E-state index contributed by atoms with van der Waals surface area (Å²) in [6, 6.07) is 10.1. The molecule has 3 heterocycles. The van der Waals surface area contributed by atoms with Crippen molar-refractivity contribution >= 4 is 55.7 Å². The zero-order valence-electron chi connectivity index (χ0n) is 17.3. The number of carbonyl (C=O) groups is 1. The van der Waals surface area contributed by atoms with E-state index in [9.17, 15) is 9.59 Å². The lowest BCUT2D eigenvalue weighted by molar-refractivity contribution is -0.113. The van der Waals surface area contributed by atoms with Crippen molar-refractivity contribution in [2.45, 2.75) is 37.9 Å². The number of rotatable bonds is 7. The van der Waals surface area contributed by atoms with E-state index >= 15 is 0 Å². The second-order valence-corrected chi connectivity index (χ2v) is 10.7. The average molecular weight is 483 g/mol. The number of nitrogens with zero attached hydrogens (tertiary/aromatic N) is 2. The Labute approximate surface area is 197 Å². The minimum absolute atomic E-state index is 0.0526. The summed E-state index contributed by atoms with van der Waals surface area (Å²) in [6.45, 7) is 0. The predicted molar refractivity (Wildman–Crippen MR) is 133 cm³/mol. The van der Waals surface area contributed by atoms with Crippen LogP contribution >= 0.6 is 34.4 Å². The fourth-order valence-corrected chi connectivity index (χ4v) is 6.62. The van der Waals surface area contributed by atoms with Gasteiger partial charge in [0.1, 0.15) is 10.7 Å².